The lowest BCUT2D eigenvalue weighted by Crippen LogP contribution is -2.61. The third kappa shape index (κ3) is 1.76. The standard InChI is InChI=1S/C23H27IN4/c1-26-13-11-22(16-8-6-9-17(24)19(16)25-20(22)26)23-12-14-27(2)21(23)28(3)18-10-5-4-7-15(18)23/h4-10,20-21,25H,11-14H2,1-3H3/t20-,21+,22+,23+/m0/s1. The summed E-state index contributed by atoms with van der Waals surface area (Å²) in [7, 11) is 6.92. The quantitative estimate of drug-likeness (QED) is 0.622. The average molecular weight is 486 g/mol. The summed E-state index contributed by atoms with van der Waals surface area (Å²) in [4.78, 5) is 7.70. The van der Waals surface area contributed by atoms with Crippen molar-refractivity contribution in [2.75, 3.05) is 44.4 Å². The van der Waals surface area contributed by atoms with Gasteiger partial charge in [-0.15, -0.1) is 0 Å². The van der Waals surface area contributed by atoms with Gasteiger partial charge in [-0.25, -0.2) is 0 Å². The molecule has 4 nitrogen and oxygen atoms in total. The summed E-state index contributed by atoms with van der Waals surface area (Å²) in [5.74, 6) is 0. The molecule has 0 unspecified atom stereocenters. The van der Waals surface area contributed by atoms with Gasteiger partial charge in [-0.3, -0.25) is 9.80 Å². The predicted octanol–water partition coefficient (Wildman–Crippen LogP) is 3.67. The fraction of sp³-hybridized carbons (Fsp3) is 0.478. The maximum Gasteiger partial charge on any atom is 0.0924 e. The number of likely N-dealkylation sites (N-methyl/N-ethyl adjacent to an activating group) is 3. The maximum absolute atomic E-state index is 3.98. The van der Waals surface area contributed by atoms with Gasteiger partial charge in [0.25, 0.3) is 0 Å². The summed E-state index contributed by atoms with van der Waals surface area (Å²) in [5, 5.41) is 3.98. The van der Waals surface area contributed by atoms with Crippen LogP contribution in [0.5, 0.6) is 0 Å². The van der Waals surface area contributed by atoms with E-state index in [1.54, 1.807) is 11.1 Å². The van der Waals surface area contributed by atoms with Crippen LogP contribution in [0.1, 0.15) is 24.0 Å². The highest BCUT2D eigenvalue weighted by atomic mass is 127. The van der Waals surface area contributed by atoms with E-state index in [-0.39, 0.29) is 10.8 Å². The second-order valence-corrected chi connectivity index (χ2v) is 10.3. The number of nitrogens with zero attached hydrogens (tertiary/aromatic N) is 3. The number of halogens is 1. The first-order valence-electron chi connectivity index (χ1n) is 10.3. The third-order valence-electron chi connectivity index (χ3n) is 8.19. The Morgan fingerprint density at radius 3 is 2.46 bits per heavy atom. The van der Waals surface area contributed by atoms with Gasteiger partial charge in [-0.2, -0.15) is 0 Å². The lowest BCUT2D eigenvalue weighted by Gasteiger charge is -2.49. The molecule has 4 heterocycles. The minimum atomic E-state index is 0.0918. The number of fused-ring (bicyclic) bond motifs is 7. The number of hydrogen-bond donors (Lipinski definition) is 1. The predicted molar refractivity (Wildman–Crippen MR) is 123 cm³/mol. The second kappa shape index (κ2) is 5.64. The van der Waals surface area contributed by atoms with Crippen LogP contribution in [0, 0.1) is 3.57 Å². The molecule has 0 aliphatic carbocycles. The number of likely N-dealkylation sites (tertiary alicyclic amines) is 2. The molecule has 0 saturated carbocycles. The Bertz CT molecular complexity index is 977. The Kier molecular flexibility index (Phi) is 3.53. The molecular weight excluding hydrogens is 459 g/mol. The van der Waals surface area contributed by atoms with Gasteiger partial charge in [0.1, 0.15) is 0 Å². The van der Waals surface area contributed by atoms with Crippen molar-refractivity contribution in [3.8, 4) is 0 Å². The highest BCUT2D eigenvalue weighted by Gasteiger charge is 2.72. The van der Waals surface area contributed by atoms with Crippen LogP contribution < -0.4 is 10.2 Å². The number of benzene rings is 2. The minimum Gasteiger partial charge on any atom is -0.368 e. The number of anilines is 2. The van der Waals surface area contributed by atoms with Gasteiger partial charge in [0.15, 0.2) is 0 Å². The van der Waals surface area contributed by atoms with Gasteiger partial charge in [-0.05, 0) is 72.8 Å². The molecule has 0 amide bonds. The average Bonchev–Trinajstić information content (AvgIpc) is 3.38. The Labute approximate surface area is 181 Å². The lowest BCUT2D eigenvalue weighted by molar-refractivity contribution is 0.136. The van der Waals surface area contributed by atoms with Crippen molar-refractivity contribution in [3.63, 3.8) is 0 Å². The summed E-state index contributed by atoms with van der Waals surface area (Å²) in [6.07, 6.45) is 3.18. The van der Waals surface area contributed by atoms with Crippen molar-refractivity contribution in [2.24, 2.45) is 0 Å². The third-order valence-corrected chi connectivity index (χ3v) is 9.09. The Hall–Kier alpha value is -1.31. The Morgan fingerprint density at radius 2 is 1.61 bits per heavy atom. The van der Waals surface area contributed by atoms with E-state index in [2.05, 4.69) is 106 Å². The molecule has 4 aliphatic rings. The van der Waals surface area contributed by atoms with Gasteiger partial charge in [0.05, 0.1) is 18.0 Å². The number of para-hydroxylation sites is 2. The molecule has 2 aromatic rings. The van der Waals surface area contributed by atoms with Gasteiger partial charge in [0, 0.05) is 40.2 Å². The topological polar surface area (TPSA) is 21.8 Å². The molecule has 6 rings (SSSR count). The van der Waals surface area contributed by atoms with Crippen LogP contribution in [0.3, 0.4) is 0 Å². The number of nitrogens with one attached hydrogen (secondary N) is 1. The second-order valence-electron chi connectivity index (χ2n) is 9.11. The SMILES string of the molecule is CN1CC[C@@]2([C@@]34CCN(C)[C@@H]3Nc3c(I)cccc34)c3ccccc3N(C)[C@@H]12. The van der Waals surface area contributed by atoms with Crippen LogP contribution >= 0.6 is 22.6 Å². The van der Waals surface area contributed by atoms with Crippen LogP contribution in [0.15, 0.2) is 42.5 Å². The lowest BCUT2D eigenvalue weighted by atomic mass is 9.55. The van der Waals surface area contributed by atoms with E-state index in [9.17, 15) is 0 Å². The molecule has 4 atom stereocenters. The van der Waals surface area contributed by atoms with Crippen molar-refractivity contribution < 1.29 is 0 Å². The molecule has 0 radical (unpaired) electrons. The van der Waals surface area contributed by atoms with Crippen LogP contribution in [0.25, 0.3) is 0 Å². The Balaban J connectivity index is 1.70. The van der Waals surface area contributed by atoms with Crippen molar-refractivity contribution in [3.05, 3.63) is 57.2 Å². The fourth-order valence-corrected chi connectivity index (χ4v) is 7.91. The molecule has 146 valence electrons. The fourth-order valence-electron chi connectivity index (χ4n) is 7.26. The minimum absolute atomic E-state index is 0.0918. The van der Waals surface area contributed by atoms with Gasteiger partial charge in [0.2, 0.25) is 0 Å². The molecule has 2 saturated heterocycles. The monoisotopic (exact) mass is 486 g/mol. The summed E-state index contributed by atoms with van der Waals surface area (Å²) >= 11 is 2.51. The molecule has 4 aliphatic heterocycles. The summed E-state index contributed by atoms with van der Waals surface area (Å²) in [6.45, 7) is 2.30. The van der Waals surface area contributed by atoms with E-state index in [1.165, 1.54) is 27.8 Å². The summed E-state index contributed by atoms with van der Waals surface area (Å²) in [6, 6.07) is 16.1. The Morgan fingerprint density at radius 1 is 0.893 bits per heavy atom. The molecule has 0 aromatic heterocycles. The van der Waals surface area contributed by atoms with Crippen molar-refractivity contribution in [1.29, 1.82) is 0 Å². The van der Waals surface area contributed by atoms with Crippen LogP contribution in [-0.4, -0.2) is 56.4 Å². The first-order chi connectivity index (χ1) is 13.5. The van der Waals surface area contributed by atoms with Crippen molar-refractivity contribution in [1.82, 2.24) is 9.80 Å². The van der Waals surface area contributed by atoms with E-state index in [0.717, 1.165) is 13.1 Å². The van der Waals surface area contributed by atoms with Crippen molar-refractivity contribution >= 4 is 34.0 Å². The van der Waals surface area contributed by atoms with E-state index >= 15 is 0 Å². The van der Waals surface area contributed by atoms with E-state index in [0.29, 0.717) is 12.3 Å². The normalized spacial score (nSPS) is 36.2. The van der Waals surface area contributed by atoms with Crippen LogP contribution in [-0.2, 0) is 10.8 Å². The zero-order valence-electron chi connectivity index (χ0n) is 16.7. The molecule has 5 heteroatoms. The van der Waals surface area contributed by atoms with Gasteiger partial charge < -0.3 is 10.2 Å². The van der Waals surface area contributed by atoms with Gasteiger partial charge >= 0.3 is 0 Å². The van der Waals surface area contributed by atoms with E-state index < -0.39 is 0 Å². The molecule has 2 aromatic carbocycles. The molecule has 0 bridgehead atoms. The molecule has 28 heavy (non-hydrogen) atoms. The van der Waals surface area contributed by atoms with Crippen molar-refractivity contribution in [2.45, 2.75) is 36.0 Å². The highest BCUT2D eigenvalue weighted by Crippen LogP contribution is 2.67. The number of hydrogen-bond acceptors (Lipinski definition) is 4. The van der Waals surface area contributed by atoms with Gasteiger partial charge in [-0.1, -0.05) is 30.3 Å². The smallest absolute Gasteiger partial charge is 0.0924 e. The first kappa shape index (κ1) is 17.5. The zero-order valence-corrected chi connectivity index (χ0v) is 18.9. The van der Waals surface area contributed by atoms with E-state index in [4.69, 9.17) is 0 Å². The summed E-state index contributed by atoms with van der Waals surface area (Å²) < 4.78 is 1.34. The van der Waals surface area contributed by atoms with E-state index in [1.807, 2.05) is 0 Å². The van der Waals surface area contributed by atoms with Crippen LogP contribution in [0.4, 0.5) is 11.4 Å². The molecular formula is C23H27IN4. The molecule has 2 fully saturated rings. The maximum atomic E-state index is 3.98. The molecule has 0 spiro atoms. The first-order valence-corrected chi connectivity index (χ1v) is 11.4. The highest BCUT2D eigenvalue weighted by molar-refractivity contribution is 14.1. The summed E-state index contributed by atoms with van der Waals surface area (Å²) in [5.41, 5.74) is 6.08. The zero-order chi connectivity index (χ0) is 19.3. The largest absolute Gasteiger partial charge is 0.368 e. The molecule has 1 N–H and O–H groups in total. The number of rotatable bonds is 1. The van der Waals surface area contributed by atoms with Crippen LogP contribution in [0.2, 0.25) is 0 Å².